The first-order chi connectivity index (χ1) is 13.6. The Morgan fingerprint density at radius 2 is 1.82 bits per heavy atom. The van der Waals surface area contributed by atoms with Gasteiger partial charge < -0.3 is 14.4 Å². The van der Waals surface area contributed by atoms with Gasteiger partial charge in [0.25, 0.3) is 5.91 Å². The average Bonchev–Trinajstić information content (AvgIpc) is 2.71. The Hall–Kier alpha value is -2.47. The number of hydrogen-bond donors (Lipinski definition) is 0. The van der Waals surface area contributed by atoms with Crippen molar-refractivity contribution in [2.24, 2.45) is 0 Å². The summed E-state index contributed by atoms with van der Waals surface area (Å²) in [4.78, 5) is 24.0. The Morgan fingerprint density at radius 3 is 2.57 bits per heavy atom. The van der Waals surface area contributed by atoms with Crippen LogP contribution in [0.25, 0.3) is 11.4 Å². The second-order valence-electron chi connectivity index (χ2n) is 7.70. The van der Waals surface area contributed by atoms with Crippen LogP contribution in [0.4, 0.5) is 0 Å². The van der Waals surface area contributed by atoms with Gasteiger partial charge in [0.15, 0.2) is 12.4 Å². The number of nitrogens with zero attached hydrogens (tertiary/aromatic N) is 3. The lowest BCUT2D eigenvalue weighted by Crippen LogP contribution is -2.49. The first-order valence-corrected chi connectivity index (χ1v) is 10.1. The normalized spacial score (nSPS) is 21.9. The van der Waals surface area contributed by atoms with Gasteiger partial charge in [0, 0.05) is 24.2 Å². The molecule has 1 aromatic heterocycles. The smallest absolute Gasteiger partial charge is 0.260 e. The summed E-state index contributed by atoms with van der Waals surface area (Å²) in [7, 11) is 0. The Kier molecular flexibility index (Phi) is 5.57. The molecule has 1 aliphatic heterocycles. The first-order valence-electron chi connectivity index (χ1n) is 10.1. The van der Waals surface area contributed by atoms with Crippen LogP contribution in [0.2, 0.25) is 0 Å². The van der Waals surface area contributed by atoms with Crippen molar-refractivity contribution in [3.8, 4) is 17.3 Å². The van der Waals surface area contributed by atoms with E-state index in [2.05, 4.69) is 4.98 Å². The first kappa shape index (κ1) is 18.9. The van der Waals surface area contributed by atoms with Crippen LogP contribution >= 0.6 is 0 Å². The minimum atomic E-state index is -0.0218. The standard InChI is InChI=1S/C22H27N3O3/c1-15-12-25(13-16(2)28-15)20(26)14-27-22-18-10-6-7-11-19(18)23-21(24-22)17-8-4-3-5-9-17/h3-5,8-9,15-16H,6-7,10-14H2,1-2H3. The fourth-order valence-electron chi connectivity index (χ4n) is 4.00. The molecule has 2 atom stereocenters. The van der Waals surface area contributed by atoms with Crippen LogP contribution in [-0.2, 0) is 22.4 Å². The lowest BCUT2D eigenvalue weighted by atomic mass is 9.96. The molecule has 1 saturated heterocycles. The molecule has 148 valence electrons. The zero-order valence-electron chi connectivity index (χ0n) is 16.6. The highest BCUT2D eigenvalue weighted by Gasteiger charge is 2.27. The molecule has 0 spiro atoms. The van der Waals surface area contributed by atoms with E-state index in [-0.39, 0.29) is 24.7 Å². The number of morpholine rings is 1. The third kappa shape index (κ3) is 4.17. The number of benzene rings is 1. The lowest BCUT2D eigenvalue weighted by Gasteiger charge is -2.35. The van der Waals surface area contributed by atoms with E-state index < -0.39 is 0 Å². The fraction of sp³-hybridized carbons (Fsp3) is 0.500. The predicted octanol–water partition coefficient (Wildman–Crippen LogP) is 3.04. The largest absolute Gasteiger partial charge is 0.467 e. The van der Waals surface area contributed by atoms with Gasteiger partial charge in [0.1, 0.15) is 0 Å². The van der Waals surface area contributed by atoms with Gasteiger partial charge in [-0.15, -0.1) is 0 Å². The van der Waals surface area contributed by atoms with Gasteiger partial charge in [0.05, 0.1) is 17.9 Å². The summed E-state index contributed by atoms with van der Waals surface area (Å²) in [6.07, 6.45) is 4.15. The van der Waals surface area contributed by atoms with Crippen molar-refractivity contribution in [3.05, 3.63) is 41.6 Å². The Bertz CT molecular complexity index is 830. The third-order valence-corrected chi connectivity index (χ3v) is 5.28. The Labute approximate surface area is 165 Å². The molecular formula is C22H27N3O3. The fourth-order valence-corrected chi connectivity index (χ4v) is 4.00. The molecule has 4 rings (SSSR count). The average molecular weight is 381 g/mol. The number of fused-ring (bicyclic) bond motifs is 1. The van der Waals surface area contributed by atoms with Crippen LogP contribution in [0.5, 0.6) is 5.88 Å². The van der Waals surface area contributed by atoms with Gasteiger partial charge in [-0.05, 0) is 39.5 Å². The predicted molar refractivity (Wildman–Crippen MR) is 106 cm³/mol. The molecule has 2 heterocycles. The lowest BCUT2D eigenvalue weighted by molar-refractivity contribution is -0.145. The van der Waals surface area contributed by atoms with E-state index in [0.717, 1.165) is 42.5 Å². The van der Waals surface area contributed by atoms with Crippen LogP contribution in [0.1, 0.15) is 37.9 Å². The molecule has 2 aromatic rings. The van der Waals surface area contributed by atoms with Crippen LogP contribution in [0.15, 0.2) is 30.3 Å². The quantitative estimate of drug-likeness (QED) is 0.815. The minimum absolute atomic E-state index is 0.00285. The van der Waals surface area contributed by atoms with Crippen molar-refractivity contribution in [2.45, 2.75) is 51.7 Å². The summed E-state index contributed by atoms with van der Waals surface area (Å²) in [5, 5.41) is 0. The SMILES string of the molecule is CC1CN(C(=O)COc2nc(-c3ccccc3)nc3c2CCCC3)CC(C)O1. The van der Waals surface area contributed by atoms with Crippen molar-refractivity contribution in [1.29, 1.82) is 0 Å². The van der Waals surface area contributed by atoms with Crippen molar-refractivity contribution >= 4 is 5.91 Å². The van der Waals surface area contributed by atoms with Gasteiger partial charge in [-0.3, -0.25) is 4.79 Å². The molecule has 0 bridgehead atoms. The summed E-state index contributed by atoms with van der Waals surface area (Å²) >= 11 is 0. The third-order valence-electron chi connectivity index (χ3n) is 5.28. The maximum Gasteiger partial charge on any atom is 0.260 e. The summed E-state index contributed by atoms with van der Waals surface area (Å²) in [6, 6.07) is 9.92. The summed E-state index contributed by atoms with van der Waals surface area (Å²) in [6.45, 7) is 5.18. The van der Waals surface area contributed by atoms with Crippen molar-refractivity contribution in [3.63, 3.8) is 0 Å². The van der Waals surface area contributed by atoms with Gasteiger partial charge in [0.2, 0.25) is 5.88 Å². The molecule has 2 unspecified atom stereocenters. The molecular weight excluding hydrogens is 354 g/mol. The minimum Gasteiger partial charge on any atom is -0.467 e. The van der Waals surface area contributed by atoms with E-state index in [9.17, 15) is 4.79 Å². The number of amides is 1. The van der Waals surface area contributed by atoms with Crippen molar-refractivity contribution in [2.75, 3.05) is 19.7 Å². The molecule has 28 heavy (non-hydrogen) atoms. The van der Waals surface area contributed by atoms with Crippen LogP contribution in [0, 0.1) is 0 Å². The van der Waals surface area contributed by atoms with Crippen LogP contribution < -0.4 is 4.74 Å². The molecule has 6 nitrogen and oxygen atoms in total. The maximum atomic E-state index is 12.7. The monoisotopic (exact) mass is 381 g/mol. The highest BCUT2D eigenvalue weighted by molar-refractivity contribution is 5.78. The van der Waals surface area contributed by atoms with E-state index >= 15 is 0 Å². The zero-order valence-corrected chi connectivity index (χ0v) is 16.6. The highest BCUT2D eigenvalue weighted by Crippen LogP contribution is 2.30. The van der Waals surface area contributed by atoms with Gasteiger partial charge in [-0.1, -0.05) is 30.3 Å². The van der Waals surface area contributed by atoms with Gasteiger partial charge >= 0.3 is 0 Å². The second kappa shape index (κ2) is 8.27. The topological polar surface area (TPSA) is 64.6 Å². The van der Waals surface area contributed by atoms with Gasteiger partial charge in [-0.2, -0.15) is 4.98 Å². The number of carbonyl (C=O) groups is 1. The molecule has 1 fully saturated rings. The molecule has 6 heteroatoms. The number of rotatable bonds is 4. The van der Waals surface area contributed by atoms with E-state index in [1.165, 1.54) is 0 Å². The Balaban J connectivity index is 1.54. The molecule has 1 aromatic carbocycles. The van der Waals surface area contributed by atoms with E-state index in [1.807, 2.05) is 49.1 Å². The molecule has 2 aliphatic rings. The summed E-state index contributed by atoms with van der Waals surface area (Å²) < 4.78 is 11.7. The summed E-state index contributed by atoms with van der Waals surface area (Å²) in [5.41, 5.74) is 3.07. The van der Waals surface area contributed by atoms with Gasteiger partial charge in [-0.25, -0.2) is 4.98 Å². The van der Waals surface area contributed by atoms with Crippen molar-refractivity contribution in [1.82, 2.24) is 14.9 Å². The number of hydrogen-bond acceptors (Lipinski definition) is 5. The molecule has 0 radical (unpaired) electrons. The molecule has 0 N–H and O–H groups in total. The summed E-state index contributed by atoms with van der Waals surface area (Å²) in [5.74, 6) is 1.20. The highest BCUT2D eigenvalue weighted by atomic mass is 16.5. The van der Waals surface area contributed by atoms with E-state index in [0.29, 0.717) is 24.8 Å². The van der Waals surface area contributed by atoms with Crippen LogP contribution in [0.3, 0.4) is 0 Å². The molecule has 1 amide bonds. The second-order valence-corrected chi connectivity index (χ2v) is 7.70. The number of aryl methyl sites for hydroxylation is 1. The molecule has 0 saturated carbocycles. The Morgan fingerprint density at radius 1 is 1.11 bits per heavy atom. The zero-order chi connectivity index (χ0) is 19.5. The maximum absolute atomic E-state index is 12.7. The molecule has 1 aliphatic carbocycles. The number of aromatic nitrogens is 2. The number of ether oxygens (including phenoxy) is 2. The van der Waals surface area contributed by atoms with Crippen molar-refractivity contribution < 1.29 is 14.3 Å². The number of carbonyl (C=O) groups excluding carboxylic acids is 1. The van der Waals surface area contributed by atoms with Crippen LogP contribution in [-0.4, -0.2) is 52.7 Å². The van der Waals surface area contributed by atoms with E-state index in [1.54, 1.807) is 0 Å². The van der Waals surface area contributed by atoms with E-state index in [4.69, 9.17) is 14.5 Å².